The minimum Gasteiger partial charge on any atom is -0.508 e. The normalized spacial score (nSPS) is 32.2. The van der Waals surface area contributed by atoms with Gasteiger partial charge in [0.15, 0.2) is 23.5 Å². The molecule has 222 valence electrons. The molecule has 0 unspecified atom stereocenters. The van der Waals surface area contributed by atoms with E-state index in [1.54, 1.807) is 0 Å². The van der Waals surface area contributed by atoms with E-state index in [2.05, 4.69) is 0 Å². The van der Waals surface area contributed by atoms with Crippen molar-refractivity contribution in [3.05, 3.63) is 40.6 Å². The maximum Gasteiger partial charge on any atom is 0.239 e. The highest BCUT2D eigenvalue weighted by Crippen LogP contribution is 2.39. The highest BCUT2D eigenvalue weighted by atomic mass is 16.7. The fourth-order valence-electron chi connectivity index (χ4n) is 4.69. The fourth-order valence-corrected chi connectivity index (χ4v) is 4.69. The van der Waals surface area contributed by atoms with Gasteiger partial charge in [-0.05, 0) is 25.1 Å². The van der Waals surface area contributed by atoms with Gasteiger partial charge >= 0.3 is 0 Å². The molecule has 0 saturated carbocycles. The van der Waals surface area contributed by atoms with Crippen LogP contribution in [0.2, 0.25) is 0 Å². The highest BCUT2D eigenvalue weighted by molar-refractivity contribution is 5.88. The Morgan fingerprint density at radius 1 is 0.829 bits per heavy atom. The number of aromatic hydroxyl groups is 4. The minimum atomic E-state index is -1.88. The molecule has 2 aliphatic rings. The summed E-state index contributed by atoms with van der Waals surface area (Å²) in [5, 5.41) is 91.0. The zero-order chi connectivity index (χ0) is 29.7. The highest BCUT2D eigenvalue weighted by Gasteiger charge is 2.48. The number of phenols is 4. The Morgan fingerprint density at radius 2 is 1.54 bits per heavy atom. The number of ether oxygens (including phenoxy) is 4. The van der Waals surface area contributed by atoms with Gasteiger partial charge in [-0.25, -0.2) is 0 Å². The van der Waals surface area contributed by atoms with E-state index in [-0.39, 0.29) is 23.5 Å². The third-order valence-corrected chi connectivity index (χ3v) is 6.91. The first-order valence-corrected chi connectivity index (χ1v) is 12.4. The van der Waals surface area contributed by atoms with Gasteiger partial charge in [0.1, 0.15) is 59.1 Å². The van der Waals surface area contributed by atoms with Crippen LogP contribution in [0.5, 0.6) is 28.7 Å². The summed E-state index contributed by atoms with van der Waals surface area (Å²) in [6, 6.07) is 5.38. The number of fused-ring (bicyclic) bond motifs is 1. The van der Waals surface area contributed by atoms with Crippen molar-refractivity contribution in [1.29, 1.82) is 0 Å². The summed E-state index contributed by atoms with van der Waals surface area (Å²) in [6.07, 6.45) is -13.9. The molecule has 2 fully saturated rings. The van der Waals surface area contributed by atoms with Crippen molar-refractivity contribution < 1.29 is 69.3 Å². The van der Waals surface area contributed by atoms with Crippen LogP contribution in [0.1, 0.15) is 6.92 Å². The molecular formula is C26H28O15. The molecule has 9 atom stereocenters. The lowest BCUT2D eigenvalue weighted by Gasteiger charge is -2.44. The average Bonchev–Trinajstić information content (AvgIpc) is 2.91. The molecule has 5 rings (SSSR count). The number of hydrogen-bond acceptors (Lipinski definition) is 15. The van der Waals surface area contributed by atoms with Crippen LogP contribution >= 0.6 is 0 Å². The summed E-state index contributed by atoms with van der Waals surface area (Å²) < 4.78 is 27.9. The molecule has 0 amide bonds. The van der Waals surface area contributed by atoms with E-state index in [0.29, 0.717) is 0 Å². The largest absolute Gasteiger partial charge is 0.508 e. The van der Waals surface area contributed by atoms with Gasteiger partial charge in [0.25, 0.3) is 0 Å². The standard InChI is InChI=1S/C26H28O15/c1-8-22(40-25-20(35)17(32)14(31)7-37-25)19(34)21(36)26(38-8)41-24-18(33)16-13(30)5-10(27)6-15(16)39-23(24)9-2-3-11(28)12(29)4-9/h2-6,8,14,17,19-22,25-32,34-36H,7H2,1H3/t8-,14-,17+,19-,20+,21+,22-,25-,26+/m0/s1. The average molecular weight is 580 g/mol. The maximum atomic E-state index is 13.5. The third kappa shape index (κ3) is 5.25. The van der Waals surface area contributed by atoms with Crippen molar-refractivity contribution in [3.63, 3.8) is 0 Å². The lowest BCUT2D eigenvalue weighted by atomic mass is 9.99. The minimum absolute atomic E-state index is 0.0152. The Bertz CT molecular complexity index is 1490. The van der Waals surface area contributed by atoms with E-state index < -0.39 is 94.9 Å². The molecular weight excluding hydrogens is 552 g/mol. The molecule has 0 spiro atoms. The summed E-state index contributed by atoms with van der Waals surface area (Å²) in [6.45, 7) is 1.06. The first-order valence-electron chi connectivity index (χ1n) is 12.4. The summed E-state index contributed by atoms with van der Waals surface area (Å²) in [4.78, 5) is 13.5. The monoisotopic (exact) mass is 580 g/mol. The van der Waals surface area contributed by atoms with Crippen LogP contribution in [0.25, 0.3) is 22.3 Å². The second-order valence-corrected chi connectivity index (χ2v) is 9.79. The van der Waals surface area contributed by atoms with E-state index in [9.17, 15) is 50.8 Å². The van der Waals surface area contributed by atoms with E-state index >= 15 is 0 Å². The topological polar surface area (TPSA) is 249 Å². The van der Waals surface area contributed by atoms with Crippen LogP contribution < -0.4 is 10.2 Å². The number of aliphatic hydroxyl groups excluding tert-OH is 5. The molecule has 3 aromatic rings. The Labute approximate surface area is 230 Å². The zero-order valence-electron chi connectivity index (χ0n) is 21.3. The molecule has 9 N–H and O–H groups in total. The second kappa shape index (κ2) is 11.0. The molecule has 2 saturated heterocycles. The lowest BCUT2D eigenvalue weighted by molar-refractivity contribution is -0.334. The SMILES string of the molecule is C[C@@H]1O[C@H](Oc2c(-c3ccc(O)c(O)c3)oc3cc(O)cc(O)c3c2=O)[C@H](O)[C@H](O)[C@H]1O[C@@H]1OC[C@H](O)[C@@H](O)[C@H]1O. The van der Waals surface area contributed by atoms with Crippen LogP contribution in [0, 0.1) is 0 Å². The molecule has 41 heavy (non-hydrogen) atoms. The molecule has 1 aromatic heterocycles. The van der Waals surface area contributed by atoms with Crippen LogP contribution in [-0.4, -0.2) is 108 Å². The summed E-state index contributed by atoms with van der Waals surface area (Å²) in [5.74, 6) is -3.08. The first-order chi connectivity index (χ1) is 19.4. The van der Waals surface area contributed by atoms with Crippen LogP contribution in [0.4, 0.5) is 0 Å². The van der Waals surface area contributed by atoms with E-state index in [1.165, 1.54) is 13.0 Å². The molecule has 0 bridgehead atoms. The smallest absolute Gasteiger partial charge is 0.239 e. The van der Waals surface area contributed by atoms with Gasteiger partial charge in [-0.3, -0.25) is 4.79 Å². The van der Waals surface area contributed by atoms with Gasteiger partial charge in [0.05, 0.1) is 12.7 Å². The maximum absolute atomic E-state index is 13.5. The molecule has 2 aliphatic heterocycles. The first kappa shape index (κ1) is 28.8. The Morgan fingerprint density at radius 3 is 2.24 bits per heavy atom. The summed E-state index contributed by atoms with van der Waals surface area (Å²) in [5.41, 5.74) is -1.21. The summed E-state index contributed by atoms with van der Waals surface area (Å²) in [7, 11) is 0. The van der Waals surface area contributed by atoms with Gasteiger partial charge in [0.2, 0.25) is 17.5 Å². The Kier molecular flexibility index (Phi) is 7.71. The number of aliphatic hydroxyl groups is 5. The third-order valence-electron chi connectivity index (χ3n) is 6.91. The predicted octanol–water partition coefficient (Wildman–Crippen LogP) is -1.05. The van der Waals surface area contributed by atoms with Crippen molar-refractivity contribution in [3.8, 4) is 40.1 Å². The fraction of sp³-hybridized carbons (Fsp3) is 0.423. The summed E-state index contributed by atoms with van der Waals surface area (Å²) >= 11 is 0. The Hall–Kier alpha value is -3.67. The van der Waals surface area contributed by atoms with Crippen LogP contribution in [0.3, 0.4) is 0 Å². The molecule has 15 heteroatoms. The predicted molar refractivity (Wildman–Crippen MR) is 134 cm³/mol. The number of hydrogen-bond donors (Lipinski definition) is 9. The van der Waals surface area contributed by atoms with Crippen molar-refractivity contribution in [2.75, 3.05) is 6.61 Å². The van der Waals surface area contributed by atoms with Crippen LogP contribution in [-0.2, 0) is 14.2 Å². The Balaban J connectivity index is 1.48. The van der Waals surface area contributed by atoms with Crippen molar-refractivity contribution in [2.24, 2.45) is 0 Å². The van der Waals surface area contributed by atoms with Gasteiger partial charge in [-0.15, -0.1) is 0 Å². The van der Waals surface area contributed by atoms with E-state index in [4.69, 9.17) is 23.4 Å². The molecule has 0 aliphatic carbocycles. The molecule has 15 nitrogen and oxygen atoms in total. The van der Waals surface area contributed by atoms with Gasteiger partial charge in [-0.2, -0.15) is 0 Å². The zero-order valence-corrected chi connectivity index (χ0v) is 21.3. The second-order valence-electron chi connectivity index (χ2n) is 9.79. The van der Waals surface area contributed by atoms with Crippen LogP contribution in [0.15, 0.2) is 39.5 Å². The number of rotatable bonds is 5. The van der Waals surface area contributed by atoms with Crippen molar-refractivity contribution in [2.45, 2.75) is 62.2 Å². The molecule has 0 radical (unpaired) electrons. The van der Waals surface area contributed by atoms with Crippen molar-refractivity contribution in [1.82, 2.24) is 0 Å². The van der Waals surface area contributed by atoms with E-state index in [1.807, 2.05) is 0 Å². The van der Waals surface area contributed by atoms with Gasteiger partial charge in [0, 0.05) is 17.7 Å². The van der Waals surface area contributed by atoms with E-state index in [0.717, 1.165) is 24.3 Å². The lowest BCUT2D eigenvalue weighted by Crippen LogP contribution is -2.62. The molecule has 2 aromatic carbocycles. The van der Waals surface area contributed by atoms with Gasteiger partial charge in [-0.1, -0.05) is 0 Å². The number of benzene rings is 2. The number of phenolic OH excluding ortho intramolecular Hbond substituents is 4. The molecule has 3 heterocycles. The van der Waals surface area contributed by atoms with Gasteiger partial charge < -0.3 is 69.3 Å². The quantitative estimate of drug-likeness (QED) is 0.163. The van der Waals surface area contributed by atoms with Crippen molar-refractivity contribution >= 4 is 11.0 Å².